The van der Waals surface area contributed by atoms with E-state index in [9.17, 15) is 0 Å². The maximum absolute atomic E-state index is 6.95. The van der Waals surface area contributed by atoms with Gasteiger partial charge in [-0.3, -0.25) is 4.52 Å². The van der Waals surface area contributed by atoms with E-state index in [0.717, 1.165) is 39.2 Å². The molecule has 3 aromatic rings. The van der Waals surface area contributed by atoms with Crippen molar-refractivity contribution < 1.29 is 12.9 Å². The van der Waals surface area contributed by atoms with Crippen LogP contribution in [0, 0.1) is 11.8 Å². The summed E-state index contributed by atoms with van der Waals surface area (Å²) in [5.74, 6) is 1.56. The number of fused-ring (bicyclic) bond motifs is 5. The second kappa shape index (κ2) is 9.77. The lowest BCUT2D eigenvalue weighted by Gasteiger charge is -2.39. The van der Waals surface area contributed by atoms with Crippen LogP contribution in [0.1, 0.15) is 64.7 Å². The molecule has 0 radical (unpaired) electrons. The molecule has 2 aromatic carbocycles. The summed E-state index contributed by atoms with van der Waals surface area (Å²) in [5, 5.41) is 2.20. The average molecular weight is 483 g/mol. The van der Waals surface area contributed by atoms with E-state index in [2.05, 4.69) is 43.3 Å². The second-order valence-electron chi connectivity index (χ2n) is 10.3. The Balaban J connectivity index is 1.38. The number of hydrogen-bond acceptors (Lipinski definition) is 3. The largest absolute Gasteiger partial charge is 0.399 e. The van der Waals surface area contributed by atoms with Gasteiger partial charge in [0.25, 0.3) is 0 Å². The predicted octanol–water partition coefficient (Wildman–Crippen LogP) is 9.11. The Morgan fingerprint density at radius 1 is 0.879 bits per heavy atom. The van der Waals surface area contributed by atoms with Crippen molar-refractivity contribution >= 4 is 38.1 Å². The van der Waals surface area contributed by atoms with Crippen LogP contribution in [0.15, 0.2) is 56.9 Å². The summed E-state index contributed by atoms with van der Waals surface area (Å²) in [6.45, 7) is 2.35. The Kier molecular flexibility index (Phi) is 6.57. The minimum atomic E-state index is -1.46. The molecule has 3 fully saturated rings. The van der Waals surface area contributed by atoms with E-state index in [1.807, 2.05) is 12.1 Å². The summed E-state index contributed by atoms with van der Waals surface area (Å²) >= 11 is 0. The molecule has 6 rings (SSSR count). The molecule has 0 N–H and O–H groups in total. The Morgan fingerprint density at radius 2 is 1.52 bits per heavy atom. The van der Waals surface area contributed by atoms with Crippen molar-refractivity contribution in [2.24, 2.45) is 11.8 Å². The zero-order valence-corrected chi connectivity index (χ0v) is 21.5. The number of hydrogen-bond donors (Lipinski definition) is 0. The van der Waals surface area contributed by atoms with Crippen molar-refractivity contribution in [2.75, 3.05) is 6.16 Å². The van der Waals surface area contributed by atoms with Crippen molar-refractivity contribution in [1.82, 2.24) is 0 Å². The molecule has 0 spiro atoms. The summed E-state index contributed by atoms with van der Waals surface area (Å²) in [6, 6.07) is 16.6. The van der Waals surface area contributed by atoms with Crippen LogP contribution in [0.25, 0.3) is 21.9 Å². The molecule has 1 heterocycles. The summed E-state index contributed by atoms with van der Waals surface area (Å²) in [6.07, 6.45) is 14.3. The van der Waals surface area contributed by atoms with Crippen molar-refractivity contribution in [3.05, 3.63) is 48.5 Å². The Morgan fingerprint density at radius 3 is 2.18 bits per heavy atom. The van der Waals surface area contributed by atoms with Gasteiger partial charge in [-0.05, 0) is 74.3 Å². The van der Waals surface area contributed by atoms with Crippen LogP contribution in [-0.4, -0.2) is 23.6 Å². The van der Waals surface area contributed by atoms with Gasteiger partial charge in [0.05, 0.1) is 6.10 Å². The highest BCUT2D eigenvalue weighted by atomic mass is 31.1. The molecule has 5 heteroatoms. The Bertz CT molecular complexity index is 1080. The van der Waals surface area contributed by atoms with Crippen molar-refractivity contribution in [3.8, 4) is 0 Å². The van der Waals surface area contributed by atoms with Crippen LogP contribution in [0.3, 0.4) is 0 Å². The first-order chi connectivity index (χ1) is 16.3. The van der Waals surface area contributed by atoms with Crippen LogP contribution in [0.4, 0.5) is 0 Å². The predicted molar refractivity (Wildman–Crippen MR) is 140 cm³/mol. The normalized spacial score (nSPS) is 28.2. The summed E-state index contributed by atoms with van der Waals surface area (Å²) in [7, 11) is -1.45. The zero-order valence-electron chi connectivity index (χ0n) is 19.7. The summed E-state index contributed by atoms with van der Waals surface area (Å²) in [5.41, 5.74) is 3.48. The highest BCUT2D eigenvalue weighted by Crippen LogP contribution is 2.64. The number of unbranched alkanes of at least 4 members (excludes halogenated alkanes) is 1. The molecule has 33 heavy (non-hydrogen) atoms. The topological polar surface area (TPSA) is 35.5 Å². The van der Waals surface area contributed by atoms with Crippen molar-refractivity contribution in [3.63, 3.8) is 0 Å². The van der Waals surface area contributed by atoms with E-state index in [1.165, 1.54) is 63.9 Å². The Hall–Kier alpha value is -1.27. The standard InChI is InChI=1S/C28H36O3P2/c1-2-3-18-32(22-10-4-5-11-22)28-21-17-16-20(19-21)27(28)31-33-29-25-14-8-6-12-23(25)24-13-7-9-15-26(24)30-33/h6-9,12-15,20-22,27-28H,2-5,10-11,16-19H2,1H3. The zero-order chi connectivity index (χ0) is 22.2. The van der Waals surface area contributed by atoms with Gasteiger partial charge in [-0.2, -0.15) is 0 Å². The fourth-order valence-electron chi connectivity index (χ4n) is 6.83. The summed E-state index contributed by atoms with van der Waals surface area (Å²) in [4.78, 5) is 0. The van der Waals surface area contributed by atoms with E-state index in [1.54, 1.807) is 0 Å². The minimum Gasteiger partial charge on any atom is -0.399 e. The molecule has 0 aliphatic heterocycles. The third-order valence-corrected chi connectivity index (χ3v) is 13.2. The SMILES string of the molecule is CCCCP(C1CCCC1)C1C2CCC(C2)C1Op1oc2ccccc2c2ccccc2o1. The van der Waals surface area contributed by atoms with Gasteiger partial charge < -0.3 is 8.39 Å². The lowest BCUT2D eigenvalue weighted by atomic mass is 9.97. The molecular formula is C28H36O3P2. The van der Waals surface area contributed by atoms with Gasteiger partial charge in [0, 0.05) is 16.4 Å². The van der Waals surface area contributed by atoms with Gasteiger partial charge in [-0.25, -0.2) is 0 Å². The van der Waals surface area contributed by atoms with Gasteiger partial charge in [0.15, 0.2) is 0 Å². The van der Waals surface area contributed by atoms with Crippen LogP contribution in [0.5, 0.6) is 0 Å². The molecule has 1 aromatic heterocycles. The van der Waals surface area contributed by atoms with E-state index in [-0.39, 0.29) is 7.92 Å². The highest BCUT2D eigenvalue weighted by Gasteiger charge is 2.53. The maximum atomic E-state index is 6.95. The lowest BCUT2D eigenvalue weighted by Crippen LogP contribution is -2.37. The van der Waals surface area contributed by atoms with Gasteiger partial charge in [-0.1, -0.05) is 70.5 Å². The fraction of sp³-hybridized carbons (Fsp3) is 0.571. The van der Waals surface area contributed by atoms with Crippen LogP contribution < -0.4 is 4.52 Å². The van der Waals surface area contributed by atoms with E-state index >= 15 is 0 Å². The maximum Gasteiger partial charge on any atom is 0.387 e. The molecule has 3 nitrogen and oxygen atoms in total. The molecule has 176 valence electrons. The van der Waals surface area contributed by atoms with E-state index in [4.69, 9.17) is 12.9 Å². The molecule has 5 atom stereocenters. The van der Waals surface area contributed by atoms with Gasteiger partial charge in [-0.15, -0.1) is 0 Å². The van der Waals surface area contributed by atoms with Gasteiger partial charge in [0.2, 0.25) is 0 Å². The van der Waals surface area contributed by atoms with Crippen molar-refractivity contribution in [1.29, 1.82) is 0 Å². The van der Waals surface area contributed by atoms with Gasteiger partial charge in [0.1, 0.15) is 11.2 Å². The molecule has 0 saturated heterocycles. The number of rotatable bonds is 7. The second-order valence-corrected chi connectivity index (χ2v) is 14.1. The number of benzene rings is 2. The van der Waals surface area contributed by atoms with E-state index in [0.29, 0.717) is 12.0 Å². The van der Waals surface area contributed by atoms with Crippen LogP contribution in [0.2, 0.25) is 0 Å². The van der Waals surface area contributed by atoms with Crippen molar-refractivity contribution in [2.45, 2.75) is 82.1 Å². The van der Waals surface area contributed by atoms with Gasteiger partial charge >= 0.3 is 8.24 Å². The van der Waals surface area contributed by atoms with Crippen LogP contribution in [-0.2, 0) is 0 Å². The molecular weight excluding hydrogens is 446 g/mol. The third kappa shape index (κ3) is 4.31. The Labute approximate surface area is 199 Å². The average Bonchev–Trinajstić information content (AvgIpc) is 3.58. The minimum absolute atomic E-state index is 0.0127. The monoisotopic (exact) mass is 482 g/mol. The molecule has 3 aliphatic rings. The highest BCUT2D eigenvalue weighted by molar-refractivity contribution is 7.59. The summed E-state index contributed by atoms with van der Waals surface area (Å²) < 4.78 is 19.9. The first kappa shape index (κ1) is 22.2. The molecule has 3 saturated carbocycles. The molecule has 3 aliphatic carbocycles. The quantitative estimate of drug-likeness (QED) is 0.315. The molecule has 5 unspecified atom stereocenters. The third-order valence-electron chi connectivity index (χ3n) is 8.36. The molecule has 2 bridgehead atoms. The van der Waals surface area contributed by atoms with E-state index < -0.39 is 8.24 Å². The number of para-hydroxylation sites is 2. The first-order valence-electron chi connectivity index (χ1n) is 13.1. The lowest BCUT2D eigenvalue weighted by molar-refractivity contribution is 0.186. The fourth-order valence-corrected chi connectivity index (χ4v) is 12.5. The molecule has 0 amide bonds. The smallest absolute Gasteiger partial charge is 0.387 e. The first-order valence-corrected chi connectivity index (χ1v) is 15.8. The van der Waals surface area contributed by atoms with Crippen LogP contribution >= 0.6 is 16.2 Å².